The Kier molecular flexibility index (Phi) is 5.87. The van der Waals surface area contributed by atoms with Crippen molar-refractivity contribution in [1.29, 1.82) is 10.5 Å². The van der Waals surface area contributed by atoms with Gasteiger partial charge in [-0.15, -0.1) is 0 Å². The topological polar surface area (TPSA) is 67.9 Å². The lowest BCUT2D eigenvalue weighted by Crippen LogP contribution is -2.34. The van der Waals surface area contributed by atoms with E-state index in [1.165, 1.54) is 37.4 Å². The highest BCUT2D eigenvalue weighted by Gasteiger charge is 2.45. The van der Waals surface area contributed by atoms with Crippen molar-refractivity contribution in [2.45, 2.75) is 19.0 Å². The summed E-state index contributed by atoms with van der Waals surface area (Å²) in [6.07, 6.45) is -7.32. The number of amides is 1. The van der Waals surface area contributed by atoms with Gasteiger partial charge in [0.05, 0.1) is 35.0 Å². The van der Waals surface area contributed by atoms with Gasteiger partial charge in [-0.1, -0.05) is 23.2 Å². The number of nitrogens with zero attached hydrogens (tertiary/aromatic N) is 3. The normalized spacial score (nSPS) is 11.5. The molecule has 0 aliphatic heterocycles. The predicted octanol–water partition coefficient (Wildman–Crippen LogP) is 4.33. The molecule has 0 N–H and O–H groups in total. The molecule has 23 heavy (non-hydrogen) atoms. The second-order valence-electron chi connectivity index (χ2n) is 4.83. The Labute approximate surface area is 140 Å². The average Bonchev–Trinajstić information content (AvgIpc) is 2.47. The standard InChI is InChI=1S/C14H10Cl2F3N3O/c1-22(9-2-3-10(15)11(16)4-9)12(23)5-13(7-20,8-21)6-14(17,18)19/h2-4H,5-6H2,1H3. The van der Waals surface area contributed by atoms with Gasteiger partial charge in [0.15, 0.2) is 5.41 Å². The molecule has 1 aromatic rings. The Morgan fingerprint density at radius 1 is 1.22 bits per heavy atom. The third kappa shape index (κ3) is 5.02. The Morgan fingerprint density at radius 3 is 2.22 bits per heavy atom. The molecule has 9 heteroatoms. The van der Waals surface area contributed by atoms with Crippen LogP contribution in [0.25, 0.3) is 0 Å². The second-order valence-corrected chi connectivity index (χ2v) is 5.64. The first-order valence-corrected chi connectivity index (χ1v) is 6.90. The van der Waals surface area contributed by atoms with Crippen LogP contribution < -0.4 is 4.90 Å². The van der Waals surface area contributed by atoms with Crippen LogP contribution in [0.4, 0.5) is 18.9 Å². The predicted molar refractivity (Wildman–Crippen MR) is 78.8 cm³/mol. The number of alkyl halides is 3. The lowest BCUT2D eigenvalue weighted by molar-refractivity contribution is -0.148. The molecule has 0 atom stereocenters. The quantitative estimate of drug-likeness (QED) is 0.799. The van der Waals surface area contributed by atoms with E-state index in [9.17, 15) is 18.0 Å². The van der Waals surface area contributed by atoms with Crippen LogP contribution in [0, 0.1) is 28.1 Å². The van der Waals surface area contributed by atoms with Gasteiger partial charge in [-0.3, -0.25) is 4.79 Å². The summed E-state index contributed by atoms with van der Waals surface area (Å²) in [6.45, 7) is 0. The molecule has 0 spiro atoms. The molecule has 1 rings (SSSR count). The number of carbonyl (C=O) groups is 1. The van der Waals surface area contributed by atoms with Gasteiger partial charge in [0, 0.05) is 12.7 Å². The molecule has 1 amide bonds. The van der Waals surface area contributed by atoms with Gasteiger partial charge in [-0.2, -0.15) is 23.7 Å². The highest BCUT2D eigenvalue weighted by atomic mass is 35.5. The van der Waals surface area contributed by atoms with Gasteiger partial charge < -0.3 is 4.90 Å². The Morgan fingerprint density at radius 2 is 1.78 bits per heavy atom. The molecule has 0 radical (unpaired) electrons. The molecule has 0 unspecified atom stereocenters. The van der Waals surface area contributed by atoms with Crippen LogP contribution in [0.5, 0.6) is 0 Å². The van der Waals surface area contributed by atoms with Gasteiger partial charge in [-0.25, -0.2) is 0 Å². The second kappa shape index (κ2) is 7.08. The van der Waals surface area contributed by atoms with Crippen LogP contribution in [0.1, 0.15) is 12.8 Å². The lowest BCUT2D eigenvalue weighted by Gasteiger charge is -2.24. The third-order valence-corrected chi connectivity index (χ3v) is 3.79. The fourth-order valence-corrected chi connectivity index (χ4v) is 2.09. The SMILES string of the molecule is CN(C(=O)CC(C#N)(C#N)CC(F)(F)F)c1ccc(Cl)c(Cl)c1. The third-order valence-electron chi connectivity index (χ3n) is 3.05. The van der Waals surface area contributed by atoms with Crippen molar-refractivity contribution in [2.24, 2.45) is 5.41 Å². The zero-order valence-corrected chi connectivity index (χ0v) is 13.3. The van der Waals surface area contributed by atoms with Crippen LogP contribution in [-0.4, -0.2) is 19.1 Å². The van der Waals surface area contributed by atoms with E-state index in [4.69, 9.17) is 33.7 Å². The van der Waals surface area contributed by atoms with E-state index in [0.717, 1.165) is 4.90 Å². The first-order valence-electron chi connectivity index (χ1n) is 6.14. The van der Waals surface area contributed by atoms with Crippen molar-refractivity contribution < 1.29 is 18.0 Å². The minimum atomic E-state index is -4.74. The van der Waals surface area contributed by atoms with Gasteiger partial charge >= 0.3 is 6.18 Å². The van der Waals surface area contributed by atoms with E-state index in [1.807, 2.05) is 0 Å². The number of benzene rings is 1. The van der Waals surface area contributed by atoms with Crippen molar-refractivity contribution in [2.75, 3.05) is 11.9 Å². The molecule has 4 nitrogen and oxygen atoms in total. The number of hydrogen-bond acceptors (Lipinski definition) is 3. The molecule has 0 heterocycles. The van der Waals surface area contributed by atoms with Crippen LogP contribution in [0.2, 0.25) is 10.0 Å². The van der Waals surface area contributed by atoms with Crippen LogP contribution in [0.15, 0.2) is 18.2 Å². The smallest absolute Gasteiger partial charge is 0.315 e. The van der Waals surface area contributed by atoms with Gasteiger partial charge in [0.2, 0.25) is 5.91 Å². The maximum atomic E-state index is 12.5. The van der Waals surface area contributed by atoms with E-state index < -0.39 is 30.3 Å². The number of carbonyl (C=O) groups excluding carboxylic acids is 1. The molecule has 0 fully saturated rings. The Balaban J connectivity index is 3.01. The summed E-state index contributed by atoms with van der Waals surface area (Å²) in [5.41, 5.74) is -2.19. The molecule has 0 saturated carbocycles. The zero-order valence-electron chi connectivity index (χ0n) is 11.8. The summed E-state index contributed by atoms with van der Waals surface area (Å²) < 4.78 is 37.6. The highest BCUT2D eigenvalue weighted by Crippen LogP contribution is 2.36. The van der Waals surface area contributed by atoms with Crippen LogP contribution in [-0.2, 0) is 4.79 Å². The summed E-state index contributed by atoms with van der Waals surface area (Å²) in [5.74, 6) is -0.823. The molecular weight excluding hydrogens is 354 g/mol. The Bertz CT molecular complexity index is 678. The van der Waals surface area contributed by atoms with E-state index in [-0.39, 0.29) is 15.7 Å². The summed E-state index contributed by atoms with van der Waals surface area (Å²) in [6, 6.07) is 6.82. The van der Waals surface area contributed by atoms with Gasteiger partial charge in [-0.05, 0) is 18.2 Å². The fraction of sp³-hybridized carbons (Fsp3) is 0.357. The molecule has 122 valence electrons. The van der Waals surface area contributed by atoms with E-state index in [1.54, 1.807) is 0 Å². The van der Waals surface area contributed by atoms with Crippen LogP contribution >= 0.6 is 23.2 Å². The Hall–Kier alpha value is -1.96. The summed E-state index contributed by atoms with van der Waals surface area (Å²) >= 11 is 11.6. The molecule has 0 saturated heterocycles. The lowest BCUT2D eigenvalue weighted by atomic mass is 9.83. The molecule has 1 aromatic carbocycles. The van der Waals surface area contributed by atoms with E-state index in [0.29, 0.717) is 0 Å². The molecule has 0 aromatic heterocycles. The molecule has 0 bridgehead atoms. The van der Waals surface area contributed by atoms with Crippen molar-refractivity contribution in [3.05, 3.63) is 28.2 Å². The zero-order chi connectivity index (χ0) is 17.8. The first-order chi connectivity index (χ1) is 10.5. The van der Waals surface area contributed by atoms with Crippen molar-refractivity contribution in [3.63, 3.8) is 0 Å². The molecule has 0 aliphatic carbocycles. The van der Waals surface area contributed by atoms with E-state index in [2.05, 4.69) is 0 Å². The summed E-state index contributed by atoms with van der Waals surface area (Å²) in [7, 11) is 1.30. The molecule has 0 aliphatic rings. The maximum Gasteiger partial charge on any atom is 0.391 e. The number of anilines is 1. The first kappa shape index (κ1) is 19.1. The van der Waals surface area contributed by atoms with Crippen molar-refractivity contribution in [1.82, 2.24) is 0 Å². The molecular formula is C14H10Cl2F3N3O. The number of halogens is 5. The van der Waals surface area contributed by atoms with Crippen molar-refractivity contribution >= 4 is 34.8 Å². The minimum absolute atomic E-state index is 0.158. The monoisotopic (exact) mass is 363 g/mol. The van der Waals surface area contributed by atoms with Crippen LogP contribution in [0.3, 0.4) is 0 Å². The maximum absolute atomic E-state index is 12.5. The van der Waals surface area contributed by atoms with Gasteiger partial charge in [0.25, 0.3) is 0 Å². The average molecular weight is 364 g/mol. The minimum Gasteiger partial charge on any atom is -0.315 e. The fourth-order valence-electron chi connectivity index (χ4n) is 1.80. The number of rotatable bonds is 4. The van der Waals surface area contributed by atoms with Gasteiger partial charge in [0.1, 0.15) is 0 Å². The highest BCUT2D eigenvalue weighted by molar-refractivity contribution is 6.42. The summed E-state index contributed by atoms with van der Waals surface area (Å²) in [5, 5.41) is 18.3. The van der Waals surface area contributed by atoms with Crippen molar-refractivity contribution in [3.8, 4) is 12.1 Å². The number of nitriles is 2. The largest absolute Gasteiger partial charge is 0.391 e. The summed E-state index contributed by atoms with van der Waals surface area (Å²) in [4.78, 5) is 13.2. The van der Waals surface area contributed by atoms with E-state index >= 15 is 0 Å². The number of hydrogen-bond donors (Lipinski definition) is 0.